The maximum atomic E-state index is 11.9. The summed E-state index contributed by atoms with van der Waals surface area (Å²) < 4.78 is 0. The van der Waals surface area contributed by atoms with E-state index in [1.54, 1.807) is 12.1 Å². The van der Waals surface area contributed by atoms with E-state index in [1.165, 1.54) is 25.9 Å². The molecule has 0 radical (unpaired) electrons. The Morgan fingerprint density at radius 1 is 1.40 bits per heavy atom. The largest absolute Gasteiger partial charge is 0.350 e. The van der Waals surface area contributed by atoms with E-state index in [-0.39, 0.29) is 5.91 Å². The fraction of sp³-hybridized carbons (Fsp3) is 0.615. The van der Waals surface area contributed by atoms with Crippen molar-refractivity contribution < 1.29 is 4.79 Å². The number of carbonyl (C=O) groups is 1. The van der Waals surface area contributed by atoms with E-state index in [4.69, 9.17) is 5.84 Å². The summed E-state index contributed by atoms with van der Waals surface area (Å²) in [5.41, 5.74) is 2.68. The van der Waals surface area contributed by atoms with Gasteiger partial charge in [-0.1, -0.05) is 6.92 Å². The molecule has 2 rings (SSSR count). The molecule has 1 aromatic rings. The second-order valence-electron chi connectivity index (χ2n) is 5.27. The van der Waals surface area contributed by atoms with Crippen LogP contribution >= 0.6 is 0 Å². The first-order valence-corrected chi connectivity index (χ1v) is 7.00. The van der Waals surface area contributed by atoms with Gasteiger partial charge in [-0.15, -0.1) is 10.2 Å². The van der Waals surface area contributed by atoms with Crippen molar-refractivity contribution in [3.8, 4) is 0 Å². The Kier molecular flexibility index (Phi) is 5.25. The third-order valence-corrected chi connectivity index (χ3v) is 3.42. The van der Waals surface area contributed by atoms with Crippen molar-refractivity contribution in [1.82, 2.24) is 20.4 Å². The van der Waals surface area contributed by atoms with Crippen molar-refractivity contribution in [2.24, 2.45) is 11.8 Å². The standard InChI is InChI=1S/C13H22N6O/c1-10(9-19-6-2-3-7-19)8-15-13(20)11-4-5-12(16-14)18-17-11/h4-5,10H,2-3,6-9,14H2,1H3,(H,15,20)(H,16,18). The molecule has 0 aromatic carbocycles. The molecule has 1 atom stereocenters. The maximum absolute atomic E-state index is 11.9. The predicted molar refractivity (Wildman–Crippen MR) is 77.0 cm³/mol. The lowest BCUT2D eigenvalue weighted by molar-refractivity contribution is 0.0939. The van der Waals surface area contributed by atoms with Gasteiger partial charge in [0.25, 0.3) is 5.91 Å². The second-order valence-corrected chi connectivity index (χ2v) is 5.27. The first-order chi connectivity index (χ1) is 9.69. The molecule has 7 nitrogen and oxygen atoms in total. The number of likely N-dealkylation sites (tertiary alicyclic amines) is 1. The molecular formula is C13H22N6O. The number of anilines is 1. The fourth-order valence-electron chi connectivity index (χ4n) is 2.36. The summed E-state index contributed by atoms with van der Waals surface area (Å²) in [5.74, 6) is 5.85. The molecule has 1 amide bonds. The Hall–Kier alpha value is -1.73. The van der Waals surface area contributed by atoms with Gasteiger partial charge >= 0.3 is 0 Å². The first kappa shape index (κ1) is 14.7. The highest BCUT2D eigenvalue weighted by Crippen LogP contribution is 2.09. The van der Waals surface area contributed by atoms with Crippen molar-refractivity contribution in [2.45, 2.75) is 19.8 Å². The van der Waals surface area contributed by atoms with E-state index < -0.39 is 0 Å². The molecule has 0 spiro atoms. The quantitative estimate of drug-likeness (QED) is 0.509. The molecule has 110 valence electrons. The van der Waals surface area contributed by atoms with Crippen LogP contribution in [0.25, 0.3) is 0 Å². The van der Waals surface area contributed by atoms with Gasteiger partial charge in [0, 0.05) is 13.1 Å². The summed E-state index contributed by atoms with van der Waals surface area (Å²) >= 11 is 0. The number of hydrogen-bond acceptors (Lipinski definition) is 6. The van der Waals surface area contributed by atoms with E-state index in [0.29, 0.717) is 24.0 Å². The molecule has 1 unspecified atom stereocenters. The van der Waals surface area contributed by atoms with Crippen LogP contribution in [0.4, 0.5) is 5.82 Å². The number of nitrogens with zero attached hydrogens (tertiary/aromatic N) is 3. The van der Waals surface area contributed by atoms with Crippen LogP contribution in [0.15, 0.2) is 12.1 Å². The Labute approximate surface area is 118 Å². The molecule has 2 heterocycles. The van der Waals surface area contributed by atoms with Crippen LogP contribution in [0.3, 0.4) is 0 Å². The monoisotopic (exact) mass is 278 g/mol. The number of carbonyl (C=O) groups excluding carboxylic acids is 1. The number of aromatic nitrogens is 2. The van der Waals surface area contributed by atoms with Crippen molar-refractivity contribution in [2.75, 3.05) is 31.6 Å². The minimum atomic E-state index is -0.200. The van der Waals surface area contributed by atoms with Gasteiger partial charge in [0.05, 0.1) is 0 Å². The predicted octanol–water partition coefficient (Wildman–Crippen LogP) is 0.224. The highest BCUT2D eigenvalue weighted by Gasteiger charge is 2.15. The number of hydrogen-bond donors (Lipinski definition) is 3. The Morgan fingerprint density at radius 3 is 2.75 bits per heavy atom. The van der Waals surface area contributed by atoms with Gasteiger partial charge in [-0.2, -0.15) is 0 Å². The molecule has 7 heteroatoms. The number of amides is 1. The third kappa shape index (κ3) is 4.14. The summed E-state index contributed by atoms with van der Waals surface area (Å²) in [4.78, 5) is 14.3. The van der Waals surface area contributed by atoms with E-state index >= 15 is 0 Å². The molecule has 4 N–H and O–H groups in total. The smallest absolute Gasteiger partial charge is 0.271 e. The summed E-state index contributed by atoms with van der Waals surface area (Å²) in [6.07, 6.45) is 2.58. The summed E-state index contributed by atoms with van der Waals surface area (Å²) in [6.45, 7) is 6.18. The fourth-order valence-corrected chi connectivity index (χ4v) is 2.36. The molecule has 0 bridgehead atoms. The van der Waals surface area contributed by atoms with Crippen LogP contribution in [0, 0.1) is 5.92 Å². The SMILES string of the molecule is CC(CNC(=O)c1ccc(NN)nn1)CN1CCCC1. The molecule has 0 saturated carbocycles. The average Bonchev–Trinajstić information content (AvgIpc) is 2.97. The van der Waals surface area contributed by atoms with Crippen molar-refractivity contribution >= 4 is 11.7 Å². The zero-order valence-electron chi connectivity index (χ0n) is 11.8. The number of hydrazine groups is 1. The summed E-state index contributed by atoms with van der Waals surface area (Å²) in [7, 11) is 0. The minimum Gasteiger partial charge on any atom is -0.350 e. The van der Waals surface area contributed by atoms with Crippen LogP contribution in [-0.2, 0) is 0 Å². The Balaban J connectivity index is 1.75. The number of nitrogens with one attached hydrogen (secondary N) is 2. The Bertz CT molecular complexity index is 429. The molecule has 1 aromatic heterocycles. The van der Waals surface area contributed by atoms with Crippen LogP contribution < -0.4 is 16.6 Å². The lowest BCUT2D eigenvalue weighted by Gasteiger charge is -2.20. The Morgan fingerprint density at radius 2 is 2.15 bits per heavy atom. The van der Waals surface area contributed by atoms with Crippen molar-refractivity contribution in [3.05, 3.63) is 17.8 Å². The average molecular weight is 278 g/mol. The van der Waals surface area contributed by atoms with Gasteiger partial charge in [0.2, 0.25) is 0 Å². The highest BCUT2D eigenvalue weighted by atomic mass is 16.1. The van der Waals surface area contributed by atoms with Crippen LogP contribution in [0.5, 0.6) is 0 Å². The highest BCUT2D eigenvalue weighted by molar-refractivity contribution is 5.92. The van der Waals surface area contributed by atoms with Gasteiger partial charge in [-0.05, 0) is 44.0 Å². The van der Waals surface area contributed by atoms with Crippen molar-refractivity contribution in [1.29, 1.82) is 0 Å². The third-order valence-electron chi connectivity index (χ3n) is 3.42. The zero-order chi connectivity index (χ0) is 14.4. The van der Waals surface area contributed by atoms with E-state index in [9.17, 15) is 4.79 Å². The lowest BCUT2D eigenvalue weighted by Crippen LogP contribution is -2.34. The van der Waals surface area contributed by atoms with E-state index in [0.717, 1.165) is 6.54 Å². The molecule has 1 aliphatic rings. The van der Waals surface area contributed by atoms with Crippen LogP contribution in [0.2, 0.25) is 0 Å². The summed E-state index contributed by atoms with van der Waals surface area (Å²) in [5, 5.41) is 10.5. The van der Waals surface area contributed by atoms with E-state index in [2.05, 4.69) is 32.8 Å². The lowest BCUT2D eigenvalue weighted by atomic mass is 10.1. The van der Waals surface area contributed by atoms with Gasteiger partial charge in [-0.3, -0.25) is 4.79 Å². The number of nitrogen functional groups attached to an aromatic ring is 1. The van der Waals surface area contributed by atoms with Gasteiger partial charge in [-0.25, -0.2) is 5.84 Å². The zero-order valence-corrected chi connectivity index (χ0v) is 11.8. The van der Waals surface area contributed by atoms with Gasteiger partial charge in [0.1, 0.15) is 0 Å². The molecule has 20 heavy (non-hydrogen) atoms. The van der Waals surface area contributed by atoms with Crippen LogP contribution in [0.1, 0.15) is 30.3 Å². The maximum Gasteiger partial charge on any atom is 0.271 e. The van der Waals surface area contributed by atoms with Gasteiger partial charge < -0.3 is 15.6 Å². The van der Waals surface area contributed by atoms with Crippen LogP contribution in [-0.4, -0.2) is 47.2 Å². The summed E-state index contributed by atoms with van der Waals surface area (Å²) in [6, 6.07) is 3.22. The molecule has 1 saturated heterocycles. The number of nitrogens with two attached hydrogens (primary N) is 1. The topological polar surface area (TPSA) is 96.2 Å². The molecule has 1 aliphatic heterocycles. The van der Waals surface area contributed by atoms with Gasteiger partial charge in [0.15, 0.2) is 11.5 Å². The first-order valence-electron chi connectivity index (χ1n) is 7.00. The minimum absolute atomic E-state index is 0.200. The van der Waals surface area contributed by atoms with E-state index in [1.807, 2.05) is 0 Å². The second kappa shape index (κ2) is 7.16. The molecule has 1 fully saturated rings. The molecular weight excluding hydrogens is 256 g/mol. The molecule has 0 aliphatic carbocycles. The number of rotatable bonds is 6. The van der Waals surface area contributed by atoms with Crippen molar-refractivity contribution in [3.63, 3.8) is 0 Å². The normalized spacial score (nSPS) is 16.9.